The molecule has 0 aromatic heterocycles. The lowest BCUT2D eigenvalue weighted by atomic mass is 10.1. The highest BCUT2D eigenvalue weighted by molar-refractivity contribution is 7.90. The van der Waals surface area contributed by atoms with Gasteiger partial charge in [0, 0.05) is 0 Å². The number of rotatable bonds is 3. The van der Waals surface area contributed by atoms with Crippen LogP contribution in [0, 0.1) is 6.92 Å². The van der Waals surface area contributed by atoms with Gasteiger partial charge in [0.2, 0.25) is 0 Å². The van der Waals surface area contributed by atoms with Crippen molar-refractivity contribution in [2.45, 2.75) is 11.8 Å². The number of sulfonamides is 1. The second-order valence-corrected chi connectivity index (χ2v) is 6.71. The molecule has 2 aromatic rings. The minimum Gasteiger partial charge on any atom is -0.496 e. The fourth-order valence-electron chi connectivity index (χ4n) is 2.39. The van der Waals surface area contributed by atoms with E-state index in [0.717, 1.165) is 16.9 Å². The molecule has 2 aromatic carbocycles. The van der Waals surface area contributed by atoms with Gasteiger partial charge >= 0.3 is 0 Å². The minimum absolute atomic E-state index is 0.192. The molecule has 23 heavy (non-hydrogen) atoms. The van der Waals surface area contributed by atoms with E-state index in [0.29, 0.717) is 5.69 Å². The van der Waals surface area contributed by atoms with Crippen molar-refractivity contribution in [1.82, 2.24) is 0 Å². The molecule has 118 valence electrons. The zero-order valence-electron chi connectivity index (χ0n) is 12.8. The second kappa shape index (κ2) is 5.89. The maximum absolute atomic E-state index is 12.2. The Morgan fingerprint density at radius 3 is 2.65 bits per heavy atom. The summed E-state index contributed by atoms with van der Waals surface area (Å²) >= 11 is 0. The van der Waals surface area contributed by atoms with E-state index in [-0.39, 0.29) is 10.7 Å². The monoisotopic (exact) mass is 328 g/mol. The van der Waals surface area contributed by atoms with E-state index < -0.39 is 10.0 Å². The van der Waals surface area contributed by atoms with Gasteiger partial charge in [0.05, 0.1) is 12.8 Å². The van der Waals surface area contributed by atoms with Gasteiger partial charge in [0.15, 0.2) is 0 Å². The molecule has 0 bridgehead atoms. The lowest BCUT2D eigenvalue weighted by Gasteiger charge is -2.15. The molecule has 0 spiro atoms. The molecule has 1 aliphatic rings. The van der Waals surface area contributed by atoms with E-state index in [1.165, 1.54) is 6.07 Å². The Morgan fingerprint density at radius 2 is 1.91 bits per heavy atom. The normalized spacial score (nSPS) is 15.7. The van der Waals surface area contributed by atoms with Gasteiger partial charge in [-0.3, -0.25) is 0 Å². The van der Waals surface area contributed by atoms with Crippen LogP contribution in [0.25, 0.3) is 6.08 Å². The zero-order chi connectivity index (χ0) is 16.4. The Hall–Kier alpha value is -2.60. The molecular weight excluding hydrogens is 312 g/mol. The highest BCUT2D eigenvalue weighted by atomic mass is 32.2. The van der Waals surface area contributed by atoms with E-state index in [2.05, 4.69) is 9.71 Å². The van der Waals surface area contributed by atoms with Gasteiger partial charge in [-0.1, -0.05) is 24.3 Å². The van der Waals surface area contributed by atoms with E-state index in [1.54, 1.807) is 31.4 Å². The van der Waals surface area contributed by atoms with Crippen molar-refractivity contribution in [3.8, 4) is 5.75 Å². The first kappa shape index (κ1) is 15.3. The number of aryl methyl sites for hydroxylation is 1. The van der Waals surface area contributed by atoms with Crippen LogP contribution in [0.1, 0.15) is 11.1 Å². The molecule has 1 N–H and O–H groups in total. The Labute approximate surface area is 135 Å². The van der Waals surface area contributed by atoms with Crippen LogP contribution in [0.2, 0.25) is 0 Å². The fourth-order valence-corrected chi connectivity index (χ4v) is 3.50. The van der Waals surface area contributed by atoms with Crippen LogP contribution in [0.5, 0.6) is 5.75 Å². The fraction of sp³-hybridized carbons (Fsp3) is 0.118. The summed E-state index contributed by atoms with van der Waals surface area (Å²) in [5.74, 6) is 1.10. The van der Waals surface area contributed by atoms with Crippen molar-refractivity contribution in [2.75, 3.05) is 12.4 Å². The van der Waals surface area contributed by atoms with Crippen LogP contribution in [0.15, 0.2) is 57.8 Å². The summed E-state index contributed by atoms with van der Waals surface area (Å²) in [4.78, 5) is 0.192. The van der Waals surface area contributed by atoms with E-state index >= 15 is 0 Å². The summed E-state index contributed by atoms with van der Waals surface area (Å²) in [7, 11) is -2.03. The number of nitrogens with zero attached hydrogens (tertiary/aromatic N) is 1. The quantitative estimate of drug-likeness (QED) is 0.939. The SMILES string of the molecule is COc1ccc(/C=C/C2=NS(=O)(=O)c3ccccc3N2)cc1C. The lowest BCUT2D eigenvalue weighted by Crippen LogP contribution is -2.19. The number of fused-ring (bicyclic) bond motifs is 1. The first-order valence-corrected chi connectivity index (χ1v) is 8.47. The van der Waals surface area contributed by atoms with E-state index in [4.69, 9.17) is 4.74 Å². The average molecular weight is 328 g/mol. The lowest BCUT2D eigenvalue weighted by molar-refractivity contribution is 0.411. The van der Waals surface area contributed by atoms with Crippen LogP contribution >= 0.6 is 0 Å². The first-order chi connectivity index (χ1) is 11.0. The third-order valence-corrected chi connectivity index (χ3v) is 4.85. The Bertz CT molecular complexity index is 915. The molecular formula is C17H16N2O3S. The maximum atomic E-state index is 12.2. The number of ether oxygens (including phenoxy) is 1. The Kier molecular flexibility index (Phi) is 3.92. The molecule has 0 saturated heterocycles. The van der Waals surface area contributed by atoms with Gasteiger partial charge in [-0.05, 0) is 48.4 Å². The molecule has 3 rings (SSSR count). The van der Waals surface area contributed by atoms with Crippen LogP contribution < -0.4 is 10.1 Å². The van der Waals surface area contributed by atoms with E-state index in [1.807, 2.05) is 31.2 Å². The third-order valence-electron chi connectivity index (χ3n) is 3.50. The number of benzene rings is 2. The summed E-state index contributed by atoms with van der Waals surface area (Å²) in [6.45, 7) is 1.95. The van der Waals surface area contributed by atoms with E-state index in [9.17, 15) is 8.42 Å². The molecule has 6 heteroatoms. The molecule has 0 fully saturated rings. The molecule has 0 amide bonds. The number of nitrogens with one attached hydrogen (secondary N) is 1. The summed E-state index contributed by atoms with van der Waals surface area (Å²) in [5.41, 5.74) is 2.48. The molecule has 1 aliphatic heterocycles. The number of hydrogen-bond donors (Lipinski definition) is 1. The summed E-state index contributed by atoms with van der Waals surface area (Å²) in [5, 5.41) is 3.02. The van der Waals surface area contributed by atoms with Crippen molar-refractivity contribution < 1.29 is 13.2 Å². The zero-order valence-corrected chi connectivity index (χ0v) is 13.6. The van der Waals surface area contributed by atoms with Gasteiger partial charge in [-0.25, -0.2) is 0 Å². The van der Waals surface area contributed by atoms with Crippen molar-refractivity contribution in [1.29, 1.82) is 0 Å². The average Bonchev–Trinajstić information content (AvgIpc) is 2.52. The topological polar surface area (TPSA) is 67.8 Å². The summed E-state index contributed by atoms with van der Waals surface area (Å²) < 4.78 is 33.3. The van der Waals surface area contributed by atoms with Gasteiger partial charge < -0.3 is 10.1 Å². The highest BCUT2D eigenvalue weighted by Crippen LogP contribution is 2.27. The number of amidine groups is 1. The largest absolute Gasteiger partial charge is 0.496 e. The molecule has 5 nitrogen and oxygen atoms in total. The minimum atomic E-state index is -3.66. The van der Waals surface area contributed by atoms with Gasteiger partial charge in [0.1, 0.15) is 16.5 Å². The highest BCUT2D eigenvalue weighted by Gasteiger charge is 2.22. The molecule has 0 atom stereocenters. The predicted molar refractivity (Wildman–Crippen MR) is 91.5 cm³/mol. The number of anilines is 1. The maximum Gasteiger partial charge on any atom is 0.286 e. The van der Waals surface area contributed by atoms with Gasteiger partial charge in [-0.2, -0.15) is 8.42 Å². The Morgan fingerprint density at radius 1 is 1.13 bits per heavy atom. The second-order valence-electron chi connectivity index (χ2n) is 5.14. The summed E-state index contributed by atoms with van der Waals surface area (Å²) in [6.07, 6.45) is 3.45. The van der Waals surface area contributed by atoms with Crippen molar-refractivity contribution in [2.24, 2.45) is 4.40 Å². The van der Waals surface area contributed by atoms with Crippen LogP contribution in [-0.4, -0.2) is 21.4 Å². The van der Waals surface area contributed by atoms with Gasteiger partial charge in [-0.15, -0.1) is 4.40 Å². The summed E-state index contributed by atoms with van der Waals surface area (Å²) in [6, 6.07) is 12.4. The number of methoxy groups -OCH3 is 1. The molecule has 0 aliphatic carbocycles. The smallest absolute Gasteiger partial charge is 0.286 e. The van der Waals surface area contributed by atoms with Crippen molar-refractivity contribution >= 4 is 27.6 Å². The van der Waals surface area contributed by atoms with Crippen LogP contribution in [-0.2, 0) is 10.0 Å². The Balaban J connectivity index is 1.90. The van der Waals surface area contributed by atoms with Crippen LogP contribution in [0.4, 0.5) is 5.69 Å². The molecule has 0 radical (unpaired) electrons. The first-order valence-electron chi connectivity index (χ1n) is 7.03. The molecule has 0 unspecified atom stereocenters. The standard InChI is InChI=1S/C17H16N2O3S/c1-12-11-13(7-9-15(12)22-2)8-10-17-18-14-5-3-4-6-16(14)23(20,21)19-17/h3-11H,1-2H3,(H,18,19)/b10-8+. The molecule has 1 heterocycles. The van der Waals surface area contributed by atoms with Crippen molar-refractivity contribution in [3.05, 3.63) is 59.7 Å². The predicted octanol–water partition coefficient (Wildman–Crippen LogP) is 3.23. The van der Waals surface area contributed by atoms with Crippen molar-refractivity contribution in [3.63, 3.8) is 0 Å². The number of hydrogen-bond acceptors (Lipinski definition) is 4. The molecule has 0 saturated carbocycles. The van der Waals surface area contributed by atoms with Gasteiger partial charge in [0.25, 0.3) is 10.0 Å². The van der Waals surface area contributed by atoms with Crippen LogP contribution in [0.3, 0.4) is 0 Å². The number of para-hydroxylation sites is 1. The third kappa shape index (κ3) is 3.12.